The quantitative estimate of drug-likeness (QED) is 0.927. The maximum absolute atomic E-state index is 11.7. The highest BCUT2D eigenvalue weighted by molar-refractivity contribution is 6.34. The molecule has 4 nitrogen and oxygen atoms in total. The Morgan fingerprint density at radius 1 is 1.35 bits per heavy atom. The molecule has 2 aromatic rings. The number of rotatable bonds is 3. The Morgan fingerprint density at radius 2 is 2.10 bits per heavy atom. The van der Waals surface area contributed by atoms with E-state index in [2.05, 4.69) is 4.98 Å². The minimum absolute atomic E-state index is 0.341. The first-order chi connectivity index (χ1) is 9.61. The Morgan fingerprint density at radius 3 is 2.75 bits per heavy atom. The summed E-state index contributed by atoms with van der Waals surface area (Å²) in [6, 6.07) is 5.37. The number of benzene rings is 1. The van der Waals surface area contributed by atoms with Crippen LogP contribution in [0.5, 0.6) is 0 Å². The van der Waals surface area contributed by atoms with Crippen molar-refractivity contribution in [2.45, 2.75) is 38.5 Å². The van der Waals surface area contributed by atoms with Crippen LogP contribution in [0.15, 0.2) is 22.6 Å². The number of carboxylic acid groups (broad SMARTS) is 1. The first-order valence-corrected chi connectivity index (χ1v) is 7.26. The van der Waals surface area contributed by atoms with Gasteiger partial charge in [-0.15, -0.1) is 0 Å². The Hall–Kier alpha value is -1.55. The van der Waals surface area contributed by atoms with Crippen molar-refractivity contribution in [3.8, 4) is 0 Å². The number of hydrogen-bond acceptors (Lipinski definition) is 3. The molecule has 1 heterocycles. The summed E-state index contributed by atoms with van der Waals surface area (Å²) in [5.41, 5.74) is 0.496. The average molecular weight is 294 g/mol. The van der Waals surface area contributed by atoms with Crippen molar-refractivity contribution >= 4 is 28.7 Å². The summed E-state index contributed by atoms with van der Waals surface area (Å²) in [5, 5.41) is 10.1. The van der Waals surface area contributed by atoms with E-state index < -0.39 is 11.4 Å². The minimum atomic E-state index is -0.745. The molecule has 1 aromatic carbocycles. The monoisotopic (exact) mass is 293 g/mol. The van der Waals surface area contributed by atoms with Gasteiger partial charge in [0, 0.05) is 6.42 Å². The lowest BCUT2D eigenvalue weighted by molar-refractivity contribution is -0.151. The molecule has 1 fully saturated rings. The fraction of sp³-hybridized carbons (Fsp3) is 0.467. The third kappa shape index (κ3) is 2.29. The minimum Gasteiger partial charge on any atom is -0.481 e. The van der Waals surface area contributed by atoms with Crippen molar-refractivity contribution in [1.29, 1.82) is 0 Å². The van der Waals surface area contributed by atoms with Gasteiger partial charge in [0.2, 0.25) is 0 Å². The number of nitrogens with zero attached hydrogens (tertiary/aromatic N) is 1. The van der Waals surface area contributed by atoms with E-state index in [0.717, 1.165) is 19.3 Å². The molecule has 1 aliphatic carbocycles. The molecule has 1 aromatic heterocycles. The smallest absolute Gasteiger partial charge is 0.310 e. The van der Waals surface area contributed by atoms with E-state index >= 15 is 0 Å². The van der Waals surface area contributed by atoms with Crippen LogP contribution in [0.4, 0.5) is 0 Å². The molecular weight excluding hydrogens is 278 g/mol. The summed E-state index contributed by atoms with van der Waals surface area (Å²) in [7, 11) is 0. The largest absolute Gasteiger partial charge is 0.481 e. The van der Waals surface area contributed by atoms with E-state index in [9.17, 15) is 9.90 Å². The van der Waals surface area contributed by atoms with Crippen molar-refractivity contribution in [1.82, 2.24) is 4.98 Å². The van der Waals surface area contributed by atoms with Gasteiger partial charge in [0.25, 0.3) is 0 Å². The summed E-state index contributed by atoms with van der Waals surface area (Å²) in [6.07, 6.45) is 4.73. The van der Waals surface area contributed by atoms with Crippen molar-refractivity contribution in [3.05, 3.63) is 29.1 Å². The lowest BCUT2D eigenvalue weighted by atomic mass is 9.72. The Bertz CT molecular complexity index is 644. The van der Waals surface area contributed by atoms with Crippen LogP contribution < -0.4 is 0 Å². The number of para-hydroxylation sites is 1. The standard InChI is InChI=1S/C15H16ClNO3/c16-10-5-4-6-11-13(10)20-12(17-11)9-15(14(18)19)7-2-1-3-8-15/h4-6H,1-3,7-9H2,(H,18,19). The van der Waals surface area contributed by atoms with E-state index in [0.29, 0.717) is 41.3 Å². The van der Waals surface area contributed by atoms with Crippen LogP contribution in [-0.2, 0) is 11.2 Å². The second-order valence-electron chi connectivity index (χ2n) is 5.52. The summed E-state index contributed by atoms with van der Waals surface area (Å²) in [5.74, 6) is -0.275. The fourth-order valence-electron chi connectivity index (χ4n) is 3.02. The molecular formula is C15H16ClNO3. The van der Waals surface area contributed by atoms with Crippen molar-refractivity contribution < 1.29 is 14.3 Å². The van der Waals surface area contributed by atoms with Gasteiger partial charge in [-0.3, -0.25) is 4.79 Å². The van der Waals surface area contributed by atoms with Crippen LogP contribution >= 0.6 is 11.6 Å². The molecule has 0 saturated heterocycles. The van der Waals surface area contributed by atoms with Crippen molar-refractivity contribution in [3.63, 3.8) is 0 Å². The van der Waals surface area contributed by atoms with Gasteiger partial charge in [-0.05, 0) is 25.0 Å². The first-order valence-electron chi connectivity index (χ1n) is 6.88. The lowest BCUT2D eigenvalue weighted by Crippen LogP contribution is -2.35. The third-order valence-corrected chi connectivity index (χ3v) is 4.46. The number of oxazole rings is 1. The number of carbonyl (C=O) groups is 1. The van der Waals surface area contributed by atoms with Gasteiger partial charge in [-0.2, -0.15) is 0 Å². The summed E-state index contributed by atoms with van der Waals surface area (Å²) in [4.78, 5) is 16.0. The highest BCUT2D eigenvalue weighted by atomic mass is 35.5. The van der Waals surface area contributed by atoms with E-state index in [1.807, 2.05) is 12.1 Å². The molecule has 0 atom stereocenters. The number of fused-ring (bicyclic) bond motifs is 1. The molecule has 0 aliphatic heterocycles. The molecule has 5 heteroatoms. The molecule has 0 unspecified atom stereocenters. The van der Waals surface area contributed by atoms with E-state index in [1.54, 1.807) is 6.07 Å². The highest BCUT2D eigenvalue weighted by Crippen LogP contribution is 2.40. The van der Waals surface area contributed by atoms with Crippen molar-refractivity contribution in [2.24, 2.45) is 5.41 Å². The van der Waals surface area contributed by atoms with Gasteiger partial charge < -0.3 is 9.52 Å². The molecule has 0 radical (unpaired) electrons. The number of hydrogen-bond donors (Lipinski definition) is 1. The zero-order valence-corrected chi connectivity index (χ0v) is 11.8. The second kappa shape index (κ2) is 5.09. The van der Waals surface area contributed by atoms with Gasteiger partial charge in [0.05, 0.1) is 10.4 Å². The molecule has 106 valence electrons. The summed E-state index contributed by atoms with van der Waals surface area (Å²) < 4.78 is 5.67. The van der Waals surface area contributed by atoms with Gasteiger partial charge in [0.15, 0.2) is 11.5 Å². The van der Waals surface area contributed by atoms with E-state index in [1.165, 1.54) is 0 Å². The SMILES string of the molecule is O=C(O)C1(Cc2nc3cccc(Cl)c3o2)CCCCC1. The Kier molecular flexibility index (Phi) is 3.42. The number of carboxylic acids is 1. The summed E-state index contributed by atoms with van der Waals surface area (Å²) >= 11 is 6.06. The van der Waals surface area contributed by atoms with Crippen LogP contribution in [0.1, 0.15) is 38.0 Å². The molecule has 0 amide bonds. The second-order valence-corrected chi connectivity index (χ2v) is 5.93. The normalized spacial score (nSPS) is 18.2. The first kappa shape index (κ1) is 13.4. The number of aromatic nitrogens is 1. The topological polar surface area (TPSA) is 63.3 Å². The zero-order valence-electron chi connectivity index (χ0n) is 11.1. The predicted molar refractivity (Wildman–Crippen MR) is 75.9 cm³/mol. The maximum Gasteiger partial charge on any atom is 0.310 e. The maximum atomic E-state index is 11.7. The van der Waals surface area contributed by atoms with Gasteiger partial charge in [0.1, 0.15) is 5.52 Å². The number of aliphatic carboxylic acids is 1. The Balaban J connectivity index is 1.94. The van der Waals surface area contributed by atoms with E-state index in [4.69, 9.17) is 16.0 Å². The van der Waals surface area contributed by atoms with Gasteiger partial charge in [-0.25, -0.2) is 4.98 Å². The fourth-order valence-corrected chi connectivity index (χ4v) is 3.23. The molecule has 1 aliphatic rings. The molecule has 0 spiro atoms. The zero-order chi connectivity index (χ0) is 14.2. The van der Waals surface area contributed by atoms with Crippen LogP contribution in [0.2, 0.25) is 5.02 Å². The van der Waals surface area contributed by atoms with Gasteiger partial charge >= 0.3 is 5.97 Å². The van der Waals surface area contributed by atoms with Crippen LogP contribution in [-0.4, -0.2) is 16.1 Å². The lowest BCUT2D eigenvalue weighted by Gasteiger charge is -2.31. The van der Waals surface area contributed by atoms with Crippen LogP contribution in [0, 0.1) is 5.41 Å². The van der Waals surface area contributed by atoms with E-state index in [-0.39, 0.29) is 0 Å². The van der Waals surface area contributed by atoms with Crippen LogP contribution in [0.3, 0.4) is 0 Å². The third-order valence-electron chi connectivity index (χ3n) is 4.17. The van der Waals surface area contributed by atoms with Crippen LogP contribution in [0.25, 0.3) is 11.1 Å². The van der Waals surface area contributed by atoms with Gasteiger partial charge in [-0.1, -0.05) is 36.9 Å². The molecule has 3 rings (SSSR count). The Labute approximate surface area is 121 Å². The average Bonchev–Trinajstić information content (AvgIpc) is 2.83. The molecule has 0 bridgehead atoms. The number of halogens is 1. The molecule has 1 saturated carbocycles. The molecule has 20 heavy (non-hydrogen) atoms. The molecule has 1 N–H and O–H groups in total. The highest BCUT2D eigenvalue weighted by Gasteiger charge is 2.41. The van der Waals surface area contributed by atoms with Crippen molar-refractivity contribution in [2.75, 3.05) is 0 Å². The predicted octanol–water partition coefficient (Wildman–Crippen LogP) is 4.06. The summed E-state index contributed by atoms with van der Waals surface area (Å²) in [6.45, 7) is 0.